The zero-order valence-electron chi connectivity index (χ0n) is 7.71. The highest BCUT2D eigenvalue weighted by Crippen LogP contribution is 2.36. The van der Waals surface area contributed by atoms with Gasteiger partial charge in [-0.2, -0.15) is 0 Å². The maximum Gasteiger partial charge on any atom is 0.249 e. The third-order valence-corrected chi connectivity index (χ3v) is 2.99. The highest BCUT2D eigenvalue weighted by atomic mass is 16.3. The van der Waals surface area contributed by atoms with Crippen LogP contribution in [-0.2, 0) is 4.79 Å². The van der Waals surface area contributed by atoms with Gasteiger partial charge in [0.25, 0.3) is 0 Å². The van der Waals surface area contributed by atoms with Crippen molar-refractivity contribution in [3.05, 3.63) is 0 Å². The van der Waals surface area contributed by atoms with Gasteiger partial charge in [-0.05, 0) is 24.7 Å². The molecule has 0 spiro atoms. The van der Waals surface area contributed by atoms with E-state index in [4.69, 9.17) is 5.73 Å². The van der Waals surface area contributed by atoms with Gasteiger partial charge in [-0.15, -0.1) is 0 Å². The molecule has 1 saturated carbocycles. The predicted octanol–water partition coefficient (Wildman–Crippen LogP) is 0.659. The van der Waals surface area contributed by atoms with Crippen LogP contribution in [0.3, 0.4) is 0 Å². The van der Waals surface area contributed by atoms with Crippen LogP contribution >= 0.6 is 0 Å². The van der Waals surface area contributed by atoms with Crippen LogP contribution in [-0.4, -0.2) is 16.6 Å². The highest BCUT2D eigenvalue weighted by molar-refractivity contribution is 5.83. The van der Waals surface area contributed by atoms with Crippen LogP contribution in [0, 0.1) is 11.8 Å². The Morgan fingerprint density at radius 1 is 1.50 bits per heavy atom. The second-order valence-electron chi connectivity index (χ2n) is 4.08. The summed E-state index contributed by atoms with van der Waals surface area (Å²) in [6.45, 7) is 3.93. The number of nitrogens with two attached hydrogens (primary N) is 1. The van der Waals surface area contributed by atoms with Gasteiger partial charge in [-0.3, -0.25) is 4.79 Å². The summed E-state index contributed by atoms with van der Waals surface area (Å²) in [5.74, 6) is -0.161. The Hall–Kier alpha value is -0.570. The minimum absolute atomic E-state index is 0.00574. The van der Waals surface area contributed by atoms with E-state index in [1.165, 1.54) is 0 Å². The summed E-state index contributed by atoms with van der Waals surface area (Å²) in [4.78, 5) is 11.0. The Morgan fingerprint density at radius 2 is 2.08 bits per heavy atom. The Kier molecular flexibility index (Phi) is 2.42. The number of rotatable bonds is 1. The fourth-order valence-electron chi connectivity index (χ4n) is 1.95. The van der Waals surface area contributed by atoms with E-state index in [1.54, 1.807) is 0 Å². The van der Waals surface area contributed by atoms with E-state index in [9.17, 15) is 9.90 Å². The van der Waals surface area contributed by atoms with Gasteiger partial charge < -0.3 is 10.8 Å². The Labute approximate surface area is 72.9 Å². The largest absolute Gasteiger partial charge is 0.380 e. The van der Waals surface area contributed by atoms with Gasteiger partial charge in [0, 0.05) is 0 Å². The minimum atomic E-state index is -1.25. The number of amides is 1. The first-order valence-corrected chi connectivity index (χ1v) is 4.49. The zero-order valence-corrected chi connectivity index (χ0v) is 7.71. The number of aliphatic hydroxyl groups is 1. The number of carbonyl (C=O) groups excluding carboxylic acids is 1. The second-order valence-corrected chi connectivity index (χ2v) is 4.08. The molecule has 1 fully saturated rings. The van der Waals surface area contributed by atoms with Crippen molar-refractivity contribution in [1.29, 1.82) is 0 Å². The molecule has 0 aromatic rings. The zero-order chi connectivity index (χ0) is 9.35. The Balaban J connectivity index is 2.77. The smallest absolute Gasteiger partial charge is 0.249 e. The maximum atomic E-state index is 11.0. The van der Waals surface area contributed by atoms with E-state index in [-0.39, 0.29) is 5.92 Å². The predicted molar refractivity (Wildman–Crippen MR) is 46.3 cm³/mol. The molecular weight excluding hydrogens is 154 g/mol. The summed E-state index contributed by atoms with van der Waals surface area (Å²) in [5.41, 5.74) is 3.91. The molecule has 3 atom stereocenters. The molecule has 0 radical (unpaired) electrons. The Morgan fingerprint density at radius 3 is 2.50 bits per heavy atom. The van der Waals surface area contributed by atoms with Crippen LogP contribution in [0.1, 0.15) is 33.1 Å². The molecule has 0 aromatic carbocycles. The number of primary amides is 1. The van der Waals surface area contributed by atoms with Crippen molar-refractivity contribution < 1.29 is 9.90 Å². The average molecular weight is 171 g/mol. The van der Waals surface area contributed by atoms with E-state index in [0.717, 1.165) is 12.8 Å². The van der Waals surface area contributed by atoms with Crippen molar-refractivity contribution in [3.8, 4) is 0 Å². The molecule has 3 unspecified atom stereocenters. The lowest BCUT2D eigenvalue weighted by atomic mass is 9.72. The quantitative estimate of drug-likeness (QED) is 0.608. The molecule has 3 nitrogen and oxygen atoms in total. The minimum Gasteiger partial charge on any atom is -0.380 e. The summed E-state index contributed by atoms with van der Waals surface area (Å²) in [6.07, 6.45) is 2.49. The highest BCUT2D eigenvalue weighted by Gasteiger charge is 2.43. The van der Waals surface area contributed by atoms with Crippen molar-refractivity contribution in [3.63, 3.8) is 0 Å². The summed E-state index contributed by atoms with van der Waals surface area (Å²) >= 11 is 0. The molecular formula is C9H17NO2. The van der Waals surface area contributed by atoms with Crippen LogP contribution in [0.5, 0.6) is 0 Å². The van der Waals surface area contributed by atoms with E-state index in [1.807, 2.05) is 13.8 Å². The molecule has 0 bridgehead atoms. The van der Waals surface area contributed by atoms with Crippen LogP contribution in [0.2, 0.25) is 0 Å². The van der Waals surface area contributed by atoms with E-state index < -0.39 is 11.5 Å². The first-order chi connectivity index (χ1) is 5.47. The van der Waals surface area contributed by atoms with Gasteiger partial charge in [-0.25, -0.2) is 0 Å². The molecule has 70 valence electrons. The molecule has 3 heteroatoms. The van der Waals surface area contributed by atoms with Gasteiger partial charge in [0.15, 0.2) is 0 Å². The lowest BCUT2D eigenvalue weighted by Crippen LogP contribution is -2.52. The van der Waals surface area contributed by atoms with Crippen LogP contribution in [0.4, 0.5) is 0 Å². The standard InChI is InChI=1S/C9H17NO2/c1-6-3-4-7(2)9(12,5-6)8(10)11/h6-7,12H,3-5H2,1-2H3,(H2,10,11). The van der Waals surface area contributed by atoms with Crippen molar-refractivity contribution >= 4 is 5.91 Å². The fraction of sp³-hybridized carbons (Fsp3) is 0.889. The van der Waals surface area contributed by atoms with Crippen molar-refractivity contribution in [2.24, 2.45) is 17.6 Å². The van der Waals surface area contributed by atoms with Crippen LogP contribution in [0.25, 0.3) is 0 Å². The summed E-state index contributed by atoms with van der Waals surface area (Å²) in [7, 11) is 0. The topological polar surface area (TPSA) is 63.3 Å². The molecule has 0 saturated heterocycles. The lowest BCUT2D eigenvalue weighted by molar-refractivity contribution is -0.147. The maximum absolute atomic E-state index is 11.0. The first kappa shape index (κ1) is 9.52. The number of carbonyl (C=O) groups is 1. The average Bonchev–Trinajstić information content (AvgIpc) is 1.97. The lowest BCUT2D eigenvalue weighted by Gasteiger charge is -2.38. The molecule has 1 aliphatic rings. The summed E-state index contributed by atoms with van der Waals surface area (Å²) in [5, 5.41) is 9.91. The first-order valence-electron chi connectivity index (χ1n) is 4.49. The van der Waals surface area contributed by atoms with Crippen molar-refractivity contribution in [2.45, 2.75) is 38.7 Å². The van der Waals surface area contributed by atoms with Crippen molar-refractivity contribution in [2.75, 3.05) is 0 Å². The molecule has 12 heavy (non-hydrogen) atoms. The van der Waals surface area contributed by atoms with Gasteiger partial charge in [0.1, 0.15) is 5.60 Å². The van der Waals surface area contributed by atoms with Crippen molar-refractivity contribution in [1.82, 2.24) is 0 Å². The third kappa shape index (κ3) is 1.46. The normalized spacial score (nSPS) is 42.6. The van der Waals surface area contributed by atoms with Crippen LogP contribution in [0.15, 0.2) is 0 Å². The van der Waals surface area contributed by atoms with Gasteiger partial charge in [0.05, 0.1) is 0 Å². The van der Waals surface area contributed by atoms with E-state index in [0.29, 0.717) is 12.3 Å². The van der Waals surface area contributed by atoms with Gasteiger partial charge in [-0.1, -0.05) is 20.3 Å². The van der Waals surface area contributed by atoms with E-state index in [2.05, 4.69) is 0 Å². The SMILES string of the molecule is CC1CCC(C)C(O)(C(N)=O)C1. The van der Waals surface area contributed by atoms with Gasteiger partial charge >= 0.3 is 0 Å². The molecule has 1 aliphatic carbocycles. The molecule has 0 aliphatic heterocycles. The van der Waals surface area contributed by atoms with Gasteiger partial charge in [0.2, 0.25) is 5.91 Å². The number of hydrogen-bond acceptors (Lipinski definition) is 2. The third-order valence-electron chi connectivity index (χ3n) is 2.99. The van der Waals surface area contributed by atoms with E-state index >= 15 is 0 Å². The molecule has 3 N–H and O–H groups in total. The monoisotopic (exact) mass is 171 g/mol. The second kappa shape index (κ2) is 3.05. The fourth-order valence-corrected chi connectivity index (χ4v) is 1.95. The summed E-state index contributed by atoms with van der Waals surface area (Å²) in [6, 6.07) is 0. The molecule has 0 aromatic heterocycles. The molecule has 1 amide bonds. The molecule has 0 heterocycles. The summed E-state index contributed by atoms with van der Waals surface area (Å²) < 4.78 is 0. The Bertz CT molecular complexity index is 193. The number of hydrogen-bond donors (Lipinski definition) is 2. The van der Waals surface area contributed by atoms with Crippen LogP contribution < -0.4 is 5.73 Å². The molecule has 1 rings (SSSR count).